The number of nitrogens with one attached hydrogen (secondary N) is 1. The Kier molecular flexibility index (Phi) is 5.36. The number of rotatable bonds is 4. The number of ether oxygens (including phenoxy) is 2. The van der Waals surface area contributed by atoms with E-state index in [-0.39, 0.29) is 17.5 Å². The highest BCUT2D eigenvalue weighted by Gasteiger charge is 2.20. The highest BCUT2D eigenvalue weighted by atomic mass is 79.9. The third-order valence-electron chi connectivity index (χ3n) is 4.17. The lowest BCUT2D eigenvalue weighted by Gasteiger charge is -2.22. The fourth-order valence-corrected chi connectivity index (χ4v) is 3.45. The molecule has 0 aromatic heterocycles. The van der Waals surface area contributed by atoms with Crippen LogP contribution in [0.15, 0.2) is 34.8 Å². The summed E-state index contributed by atoms with van der Waals surface area (Å²) in [6.07, 6.45) is 0. The smallest absolute Gasteiger partial charge is 0.251 e. The standard InChI is InChI=1S/C19H20BrFN2O3/c1-11(13-9-17-18(10-14(13)20)26-7-6-25-17)22-19(24)12-4-5-16(23(2)3)15(21)8-12/h4-5,8-11H,6-7H2,1-3H3,(H,22,24). The minimum absolute atomic E-state index is 0.272. The van der Waals surface area contributed by atoms with Crippen LogP contribution in [0, 0.1) is 5.82 Å². The number of fused-ring (bicyclic) bond motifs is 1. The van der Waals surface area contributed by atoms with Gasteiger partial charge in [0.1, 0.15) is 19.0 Å². The summed E-state index contributed by atoms with van der Waals surface area (Å²) < 4.78 is 26.1. The highest BCUT2D eigenvalue weighted by molar-refractivity contribution is 9.10. The Bertz CT molecular complexity index is 842. The van der Waals surface area contributed by atoms with E-state index in [2.05, 4.69) is 21.2 Å². The molecular weight excluding hydrogens is 403 g/mol. The molecule has 0 saturated carbocycles. The van der Waals surface area contributed by atoms with Crippen LogP contribution in [-0.2, 0) is 0 Å². The molecule has 7 heteroatoms. The zero-order valence-electron chi connectivity index (χ0n) is 14.8. The van der Waals surface area contributed by atoms with Gasteiger partial charge in [-0.15, -0.1) is 0 Å². The number of benzene rings is 2. The molecule has 2 aromatic rings. The number of carbonyl (C=O) groups excluding carboxylic acids is 1. The Morgan fingerprint density at radius 3 is 2.46 bits per heavy atom. The molecule has 0 aliphatic carbocycles. The first kappa shape index (κ1) is 18.5. The molecule has 0 bridgehead atoms. The van der Waals surface area contributed by atoms with Crippen molar-refractivity contribution in [1.29, 1.82) is 0 Å². The van der Waals surface area contributed by atoms with Gasteiger partial charge in [-0.2, -0.15) is 0 Å². The molecule has 0 fully saturated rings. The normalized spacial score (nSPS) is 13.9. The maximum absolute atomic E-state index is 14.1. The predicted molar refractivity (Wildman–Crippen MR) is 102 cm³/mol. The lowest BCUT2D eigenvalue weighted by Crippen LogP contribution is -2.27. The van der Waals surface area contributed by atoms with E-state index in [1.807, 2.05) is 19.1 Å². The van der Waals surface area contributed by atoms with Crippen LogP contribution in [0.25, 0.3) is 0 Å². The maximum atomic E-state index is 14.1. The van der Waals surface area contributed by atoms with Crippen molar-refractivity contribution in [3.8, 4) is 11.5 Å². The van der Waals surface area contributed by atoms with E-state index in [0.717, 1.165) is 10.0 Å². The summed E-state index contributed by atoms with van der Waals surface area (Å²) in [4.78, 5) is 14.2. The molecule has 1 amide bonds. The molecule has 0 spiro atoms. The van der Waals surface area contributed by atoms with Gasteiger partial charge in [0, 0.05) is 24.1 Å². The van der Waals surface area contributed by atoms with Crippen molar-refractivity contribution in [2.24, 2.45) is 0 Å². The number of hydrogen-bond donors (Lipinski definition) is 1. The van der Waals surface area contributed by atoms with Gasteiger partial charge in [0.2, 0.25) is 0 Å². The van der Waals surface area contributed by atoms with E-state index >= 15 is 0 Å². The third-order valence-corrected chi connectivity index (χ3v) is 4.85. The molecule has 1 atom stereocenters. The summed E-state index contributed by atoms with van der Waals surface area (Å²) in [5, 5.41) is 2.89. The number of halogens is 2. The van der Waals surface area contributed by atoms with Crippen LogP contribution in [0.4, 0.5) is 10.1 Å². The van der Waals surface area contributed by atoms with Gasteiger partial charge in [0.05, 0.1) is 11.7 Å². The number of hydrogen-bond acceptors (Lipinski definition) is 4. The van der Waals surface area contributed by atoms with Crippen molar-refractivity contribution in [2.45, 2.75) is 13.0 Å². The minimum Gasteiger partial charge on any atom is -0.486 e. The van der Waals surface area contributed by atoms with E-state index in [1.165, 1.54) is 6.07 Å². The van der Waals surface area contributed by atoms with Gasteiger partial charge >= 0.3 is 0 Å². The lowest BCUT2D eigenvalue weighted by atomic mass is 10.1. The van der Waals surface area contributed by atoms with Crippen LogP contribution < -0.4 is 19.7 Å². The van der Waals surface area contributed by atoms with Gasteiger partial charge in [-0.25, -0.2) is 4.39 Å². The Hall–Kier alpha value is -2.28. The molecule has 2 aromatic carbocycles. The summed E-state index contributed by atoms with van der Waals surface area (Å²) in [6.45, 7) is 2.87. The van der Waals surface area contributed by atoms with Crippen LogP contribution in [0.3, 0.4) is 0 Å². The second kappa shape index (κ2) is 7.53. The molecule has 138 valence electrons. The third kappa shape index (κ3) is 3.77. The van der Waals surface area contributed by atoms with Crippen molar-refractivity contribution < 1.29 is 18.7 Å². The SMILES string of the molecule is CC(NC(=O)c1ccc(N(C)C)c(F)c1)c1cc2c(cc1Br)OCCO2. The molecule has 1 aliphatic heterocycles. The monoisotopic (exact) mass is 422 g/mol. The van der Waals surface area contributed by atoms with Gasteiger partial charge in [-0.1, -0.05) is 15.9 Å². The fraction of sp³-hybridized carbons (Fsp3) is 0.316. The summed E-state index contributed by atoms with van der Waals surface area (Å²) >= 11 is 3.51. The van der Waals surface area contributed by atoms with Gasteiger partial charge in [0.15, 0.2) is 11.5 Å². The zero-order valence-corrected chi connectivity index (χ0v) is 16.4. The van der Waals surface area contributed by atoms with Crippen LogP contribution >= 0.6 is 15.9 Å². The molecule has 1 N–H and O–H groups in total. The Morgan fingerprint density at radius 1 is 1.19 bits per heavy atom. The predicted octanol–water partition coefficient (Wildman–Crippen LogP) is 3.92. The average molecular weight is 423 g/mol. The van der Waals surface area contributed by atoms with Crippen LogP contribution in [0.1, 0.15) is 28.9 Å². The molecular formula is C19H20BrFN2O3. The van der Waals surface area contributed by atoms with Gasteiger partial charge < -0.3 is 19.7 Å². The second-order valence-corrected chi connectivity index (χ2v) is 7.13. The highest BCUT2D eigenvalue weighted by Crippen LogP contribution is 2.37. The summed E-state index contributed by atoms with van der Waals surface area (Å²) in [7, 11) is 3.50. The van der Waals surface area contributed by atoms with E-state index in [1.54, 1.807) is 31.1 Å². The first-order chi connectivity index (χ1) is 12.4. The van der Waals surface area contributed by atoms with E-state index in [4.69, 9.17) is 9.47 Å². The molecule has 1 heterocycles. The minimum atomic E-state index is -0.434. The Balaban J connectivity index is 1.78. The van der Waals surface area contributed by atoms with Gasteiger partial charge in [0.25, 0.3) is 5.91 Å². The first-order valence-electron chi connectivity index (χ1n) is 8.23. The van der Waals surface area contributed by atoms with Crippen molar-refractivity contribution in [1.82, 2.24) is 5.32 Å². The average Bonchev–Trinajstić information content (AvgIpc) is 2.60. The molecule has 1 aliphatic rings. The second-order valence-electron chi connectivity index (χ2n) is 6.27. The summed E-state index contributed by atoms with van der Waals surface area (Å²) in [5.41, 5.74) is 1.56. The van der Waals surface area contributed by atoms with Crippen molar-refractivity contribution in [3.05, 3.63) is 51.7 Å². The largest absolute Gasteiger partial charge is 0.486 e. The van der Waals surface area contributed by atoms with Gasteiger partial charge in [-0.05, 0) is 42.8 Å². The molecule has 5 nitrogen and oxygen atoms in total. The number of amides is 1. The van der Waals surface area contributed by atoms with Crippen molar-refractivity contribution >= 4 is 27.5 Å². The van der Waals surface area contributed by atoms with E-state index in [9.17, 15) is 9.18 Å². The maximum Gasteiger partial charge on any atom is 0.251 e. The number of nitrogens with zero attached hydrogens (tertiary/aromatic N) is 1. The lowest BCUT2D eigenvalue weighted by molar-refractivity contribution is 0.0939. The molecule has 3 rings (SSSR count). The summed E-state index contributed by atoms with van der Waals surface area (Å²) in [5.74, 6) is 0.544. The molecule has 26 heavy (non-hydrogen) atoms. The Labute approximate surface area is 160 Å². The van der Waals surface area contributed by atoms with Gasteiger partial charge in [-0.3, -0.25) is 4.79 Å². The van der Waals surface area contributed by atoms with Crippen LogP contribution in [0.2, 0.25) is 0 Å². The van der Waals surface area contributed by atoms with Crippen LogP contribution in [0.5, 0.6) is 11.5 Å². The quantitative estimate of drug-likeness (QED) is 0.810. The van der Waals surface area contributed by atoms with Crippen molar-refractivity contribution in [2.75, 3.05) is 32.2 Å². The number of carbonyl (C=O) groups is 1. The van der Waals surface area contributed by atoms with Crippen molar-refractivity contribution in [3.63, 3.8) is 0 Å². The molecule has 1 unspecified atom stereocenters. The van der Waals surface area contributed by atoms with E-state index in [0.29, 0.717) is 30.4 Å². The molecule has 0 radical (unpaired) electrons. The zero-order chi connectivity index (χ0) is 18.8. The first-order valence-corrected chi connectivity index (χ1v) is 9.03. The Morgan fingerprint density at radius 2 is 1.85 bits per heavy atom. The van der Waals surface area contributed by atoms with Crippen LogP contribution in [-0.4, -0.2) is 33.2 Å². The fourth-order valence-electron chi connectivity index (χ4n) is 2.78. The molecule has 0 saturated heterocycles. The van der Waals surface area contributed by atoms with E-state index < -0.39 is 5.82 Å². The number of anilines is 1. The topological polar surface area (TPSA) is 50.8 Å². The summed E-state index contributed by atoms with van der Waals surface area (Å²) in [6, 6.07) is 7.83.